The highest BCUT2D eigenvalue weighted by atomic mass is 16.1. The largest absolute Gasteiger partial charge is 0.325 e. The standard InChI is InChI=1S/C12H16N2O/c13-12(4-2-5-12)8-11(15)7-10-3-1-6-14-9-10/h1,3,6,9H,2,4-5,7-8,13H2. The second-order valence-corrected chi connectivity index (χ2v) is 4.47. The van der Waals surface area contributed by atoms with Gasteiger partial charge in [-0.05, 0) is 30.9 Å². The summed E-state index contributed by atoms with van der Waals surface area (Å²) >= 11 is 0. The van der Waals surface area contributed by atoms with E-state index in [-0.39, 0.29) is 11.3 Å². The van der Waals surface area contributed by atoms with Crippen molar-refractivity contribution in [3.05, 3.63) is 30.1 Å². The van der Waals surface area contributed by atoms with Gasteiger partial charge in [-0.2, -0.15) is 0 Å². The second-order valence-electron chi connectivity index (χ2n) is 4.47. The van der Waals surface area contributed by atoms with E-state index < -0.39 is 0 Å². The summed E-state index contributed by atoms with van der Waals surface area (Å²) in [5.41, 5.74) is 6.80. The zero-order chi connectivity index (χ0) is 10.7. The molecular formula is C12H16N2O. The van der Waals surface area contributed by atoms with Gasteiger partial charge in [0.2, 0.25) is 0 Å². The van der Waals surface area contributed by atoms with Crippen molar-refractivity contribution in [2.75, 3.05) is 0 Å². The Balaban J connectivity index is 1.87. The first kappa shape index (κ1) is 10.3. The topological polar surface area (TPSA) is 56.0 Å². The molecule has 0 spiro atoms. The summed E-state index contributed by atoms with van der Waals surface area (Å²) in [6.07, 6.45) is 7.58. The predicted octanol–water partition coefficient (Wildman–Crippen LogP) is 1.46. The molecule has 0 aromatic carbocycles. The zero-order valence-corrected chi connectivity index (χ0v) is 8.78. The van der Waals surface area contributed by atoms with Gasteiger partial charge in [-0.3, -0.25) is 9.78 Å². The van der Waals surface area contributed by atoms with Crippen LogP contribution in [0.1, 0.15) is 31.2 Å². The molecule has 0 atom stereocenters. The Morgan fingerprint density at radius 3 is 2.87 bits per heavy atom. The lowest BCUT2D eigenvalue weighted by atomic mass is 9.74. The lowest BCUT2D eigenvalue weighted by Gasteiger charge is -2.37. The van der Waals surface area contributed by atoms with Gasteiger partial charge in [0.25, 0.3) is 0 Å². The fourth-order valence-corrected chi connectivity index (χ4v) is 1.99. The molecule has 3 nitrogen and oxygen atoms in total. The van der Waals surface area contributed by atoms with E-state index >= 15 is 0 Å². The molecule has 3 heteroatoms. The van der Waals surface area contributed by atoms with Gasteiger partial charge in [0.1, 0.15) is 5.78 Å². The minimum absolute atomic E-state index is 0.195. The van der Waals surface area contributed by atoms with Crippen molar-refractivity contribution >= 4 is 5.78 Å². The highest BCUT2D eigenvalue weighted by Gasteiger charge is 2.34. The Kier molecular flexibility index (Phi) is 2.82. The molecule has 0 amide bonds. The summed E-state index contributed by atoms with van der Waals surface area (Å²) < 4.78 is 0. The molecule has 2 N–H and O–H groups in total. The van der Waals surface area contributed by atoms with E-state index in [1.807, 2.05) is 12.1 Å². The molecule has 0 saturated heterocycles. The van der Waals surface area contributed by atoms with Crippen molar-refractivity contribution < 1.29 is 4.79 Å². The van der Waals surface area contributed by atoms with Crippen LogP contribution in [-0.4, -0.2) is 16.3 Å². The minimum atomic E-state index is -0.195. The summed E-state index contributed by atoms with van der Waals surface area (Å²) in [6.45, 7) is 0. The average molecular weight is 204 g/mol. The number of pyridine rings is 1. The van der Waals surface area contributed by atoms with Gasteiger partial charge in [0.05, 0.1) is 0 Å². The molecule has 80 valence electrons. The van der Waals surface area contributed by atoms with Crippen LogP contribution in [0.3, 0.4) is 0 Å². The number of nitrogens with zero attached hydrogens (tertiary/aromatic N) is 1. The normalized spacial score (nSPS) is 18.2. The van der Waals surface area contributed by atoms with Gasteiger partial charge in [-0.1, -0.05) is 6.07 Å². The Hall–Kier alpha value is -1.22. The number of Topliss-reactive ketones (excluding diaryl/α,β-unsaturated/α-hetero) is 1. The van der Waals surface area contributed by atoms with E-state index in [1.165, 1.54) is 0 Å². The van der Waals surface area contributed by atoms with Crippen molar-refractivity contribution in [2.45, 2.75) is 37.6 Å². The summed E-state index contributed by atoms with van der Waals surface area (Å²) in [5.74, 6) is 0.227. The third-order valence-electron chi connectivity index (χ3n) is 3.02. The molecule has 0 unspecified atom stereocenters. The van der Waals surface area contributed by atoms with E-state index in [4.69, 9.17) is 5.73 Å². The van der Waals surface area contributed by atoms with Gasteiger partial charge in [0, 0.05) is 30.8 Å². The predicted molar refractivity (Wildman–Crippen MR) is 58.3 cm³/mol. The molecular weight excluding hydrogens is 188 g/mol. The number of carbonyl (C=O) groups excluding carboxylic acids is 1. The van der Waals surface area contributed by atoms with Crippen LogP contribution in [-0.2, 0) is 11.2 Å². The molecule has 1 aliphatic rings. The Morgan fingerprint density at radius 1 is 1.53 bits per heavy atom. The molecule has 0 aliphatic heterocycles. The van der Waals surface area contributed by atoms with Crippen LogP contribution in [0.25, 0.3) is 0 Å². The Bertz CT molecular complexity index is 344. The van der Waals surface area contributed by atoms with Gasteiger partial charge < -0.3 is 5.73 Å². The molecule has 15 heavy (non-hydrogen) atoms. The summed E-state index contributed by atoms with van der Waals surface area (Å²) in [5, 5.41) is 0. The van der Waals surface area contributed by atoms with Crippen LogP contribution in [0.15, 0.2) is 24.5 Å². The highest BCUT2D eigenvalue weighted by molar-refractivity contribution is 5.82. The molecule has 1 aromatic heterocycles. The molecule has 2 rings (SSSR count). The molecule has 0 bridgehead atoms. The SMILES string of the molecule is NC1(CC(=O)Cc2cccnc2)CCC1. The van der Waals surface area contributed by atoms with Crippen molar-refractivity contribution in [1.29, 1.82) is 0 Å². The zero-order valence-electron chi connectivity index (χ0n) is 8.78. The number of carbonyl (C=O) groups is 1. The van der Waals surface area contributed by atoms with Gasteiger partial charge in [-0.25, -0.2) is 0 Å². The number of rotatable bonds is 4. The molecule has 1 aromatic rings. The third kappa shape index (κ3) is 2.63. The van der Waals surface area contributed by atoms with Crippen LogP contribution >= 0.6 is 0 Å². The summed E-state index contributed by atoms with van der Waals surface area (Å²) in [4.78, 5) is 15.7. The first-order chi connectivity index (χ1) is 7.18. The third-order valence-corrected chi connectivity index (χ3v) is 3.02. The molecule has 0 radical (unpaired) electrons. The molecule has 1 fully saturated rings. The van der Waals surface area contributed by atoms with E-state index in [0.717, 1.165) is 24.8 Å². The summed E-state index contributed by atoms with van der Waals surface area (Å²) in [7, 11) is 0. The first-order valence-corrected chi connectivity index (χ1v) is 5.37. The van der Waals surface area contributed by atoms with Gasteiger partial charge in [0.15, 0.2) is 0 Å². The van der Waals surface area contributed by atoms with Crippen LogP contribution in [0, 0.1) is 0 Å². The smallest absolute Gasteiger partial charge is 0.139 e. The van der Waals surface area contributed by atoms with Crippen LogP contribution < -0.4 is 5.73 Å². The summed E-state index contributed by atoms with van der Waals surface area (Å²) in [6, 6.07) is 3.78. The number of hydrogen-bond acceptors (Lipinski definition) is 3. The maximum Gasteiger partial charge on any atom is 0.139 e. The van der Waals surface area contributed by atoms with Crippen molar-refractivity contribution in [2.24, 2.45) is 5.73 Å². The fourth-order valence-electron chi connectivity index (χ4n) is 1.99. The molecule has 1 saturated carbocycles. The van der Waals surface area contributed by atoms with Gasteiger partial charge >= 0.3 is 0 Å². The van der Waals surface area contributed by atoms with Crippen LogP contribution in [0.4, 0.5) is 0 Å². The van der Waals surface area contributed by atoms with Crippen LogP contribution in [0.5, 0.6) is 0 Å². The Labute approximate surface area is 89.7 Å². The number of hydrogen-bond donors (Lipinski definition) is 1. The quantitative estimate of drug-likeness (QED) is 0.808. The van der Waals surface area contributed by atoms with E-state index in [0.29, 0.717) is 12.8 Å². The lowest BCUT2D eigenvalue weighted by Crippen LogP contribution is -2.48. The second kappa shape index (κ2) is 4.11. The first-order valence-electron chi connectivity index (χ1n) is 5.37. The maximum absolute atomic E-state index is 11.7. The number of ketones is 1. The average Bonchev–Trinajstić information content (AvgIpc) is 2.16. The van der Waals surface area contributed by atoms with Crippen molar-refractivity contribution in [3.63, 3.8) is 0 Å². The van der Waals surface area contributed by atoms with E-state index in [2.05, 4.69) is 4.98 Å². The molecule has 1 heterocycles. The Morgan fingerprint density at radius 2 is 2.33 bits per heavy atom. The van der Waals surface area contributed by atoms with Crippen molar-refractivity contribution in [1.82, 2.24) is 4.98 Å². The lowest BCUT2D eigenvalue weighted by molar-refractivity contribution is -0.120. The highest BCUT2D eigenvalue weighted by Crippen LogP contribution is 2.32. The van der Waals surface area contributed by atoms with E-state index in [1.54, 1.807) is 12.4 Å². The number of aromatic nitrogens is 1. The van der Waals surface area contributed by atoms with Crippen LogP contribution in [0.2, 0.25) is 0 Å². The van der Waals surface area contributed by atoms with E-state index in [9.17, 15) is 4.79 Å². The van der Waals surface area contributed by atoms with Crippen molar-refractivity contribution in [3.8, 4) is 0 Å². The fraction of sp³-hybridized carbons (Fsp3) is 0.500. The number of nitrogens with two attached hydrogens (primary N) is 1. The molecule has 1 aliphatic carbocycles. The monoisotopic (exact) mass is 204 g/mol. The van der Waals surface area contributed by atoms with Gasteiger partial charge in [-0.15, -0.1) is 0 Å². The maximum atomic E-state index is 11.7. The minimum Gasteiger partial charge on any atom is -0.325 e.